The Balaban J connectivity index is 2.34. The fraction of sp³-hybridized carbons (Fsp3) is 0.467. The number of aryl methyl sites for hydroxylation is 2. The summed E-state index contributed by atoms with van der Waals surface area (Å²) in [5.41, 5.74) is 3.23. The molecule has 0 aliphatic carbocycles. The highest BCUT2D eigenvalue weighted by atomic mass is 16.5. The van der Waals surface area contributed by atoms with E-state index >= 15 is 0 Å². The first-order valence-electron chi connectivity index (χ1n) is 6.54. The second-order valence-electron chi connectivity index (χ2n) is 4.74. The molecule has 1 fully saturated rings. The zero-order valence-electron chi connectivity index (χ0n) is 11.3. The molecule has 1 saturated heterocycles. The number of para-hydroxylation sites is 1. The molecular weight excluding hydrogens is 240 g/mol. The van der Waals surface area contributed by atoms with Crippen LogP contribution in [0, 0.1) is 18.3 Å². The van der Waals surface area contributed by atoms with Crippen molar-refractivity contribution in [2.75, 3.05) is 18.1 Å². The van der Waals surface area contributed by atoms with E-state index < -0.39 is 0 Å². The van der Waals surface area contributed by atoms with Crippen molar-refractivity contribution in [2.24, 2.45) is 0 Å². The smallest absolute Gasteiger partial charge is 0.253 e. The predicted octanol–water partition coefficient (Wildman–Crippen LogP) is 2.20. The summed E-state index contributed by atoms with van der Waals surface area (Å²) in [6, 6.07) is 8.17. The highest BCUT2D eigenvalue weighted by molar-refractivity contribution is 5.96. The van der Waals surface area contributed by atoms with Crippen LogP contribution in [0.3, 0.4) is 0 Å². The fourth-order valence-corrected chi connectivity index (χ4v) is 2.46. The molecule has 0 N–H and O–H groups in total. The number of morpholine rings is 1. The molecule has 1 aromatic rings. The second kappa shape index (κ2) is 5.85. The number of carbonyl (C=O) groups is 1. The van der Waals surface area contributed by atoms with Crippen LogP contribution in [0.1, 0.15) is 24.5 Å². The van der Waals surface area contributed by atoms with Crippen molar-refractivity contribution in [3.63, 3.8) is 0 Å². The van der Waals surface area contributed by atoms with E-state index in [1.54, 1.807) is 4.90 Å². The number of hydrogen-bond donors (Lipinski definition) is 0. The molecule has 19 heavy (non-hydrogen) atoms. The van der Waals surface area contributed by atoms with Crippen molar-refractivity contribution in [3.05, 3.63) is 29.3 Å². The molecule has 1 amide bonds. The van der Waals surface area contributed by atoms with Gasteiger partial charge >= 0.3 is 0 Å². The van der Waals surface area contributed by atoms with Gasteiger partial charge in [-0.25, -0.2) is 0 Å². The molecule has 1 aromatic carbocycles. The minimum atomic E-state index is -0.188. The number of ether oxygens (including phenoxy) is 1. The zero-order chi connectivity index (χ0) is 13.8. The summed E-state index contributed by atoms with van der Waals surface area (Å²) in [7, 11) is 0. The van der Waals surface area contributed by atoms with Crippen LogP contribution in [-0.4, -0.2) is 25.2 Å². The Labute approximate surface area is 113 Å². The lowest BCUT2D eigenvalue weighted by atomic mass is 10.0. The van der Waals surface area contributed by atoms with Gasteiger partial charge in [0.1, 0.15) is 6.61 Å². The highest BCUT2D eigenvalue weighted by Crippen LogP contribution is 2.28. The van der Waals surface area contributed by atoms with E-state index in [1.807, 2.05) is 25.1 Å². The van der Waals surface area contributed by atoms with E-state index in [0.29, 0.717) is 13.0 Å². The normalized spacial score (nSPS) is 19.3. The second-order valence-corrected chi connectivity index (χ2v) is 4.74. The zero-order valence-corrected chi connectivity index (χ0v) is 11.3. The Hall–Kier alpha value is -1.86. The summed E-state index contributed by atoms with van der Waals surface area (Å²) in [5, 5.41) is 8.76. The van der Waals surface area contributed by atoms with Crippen molar-refractivity contribution in [1.82, 2.24) is 0 Å². The van der Waals surface area contributed by atoms with Gasteiger partial charge in [0.05, 0.1) is 25.1 Å². The molecule has 1 unspecified atom stereocenters. The lowest BCUT2D eigenvalue weighted by molar-refractivity contribution is -0.129. The molecule has 1 aliphatic rings. The monoisotopic (exact) mass is 258 g/mol. The average molecular weight is 258 g/mol. The first-order valence-corrected chi connectivity index (χ1v) is 6.54. The largest absolute Gasteiger partial charge is 0.365 e. The number of nitriles is 1. The lowest BCUT2D eigenvalue weighted by Crippen LogP contribution is -2.47. The minimum absolute atomic E-state index is 0.0295. The number of rotatable bonds is 3. The third-order valence-corrected chi connectivity index (χ3v) is 3.42. The van der Waals surface area contributed by atoms with Crippen molar-refractivity contribution < 1.29 is 9.53 Å². The molecule has 0 radical (unpaired) electrons. The Morgan fingerprint density at radius 2 is 2.32 bits per heavy atom. The van der Waals surface area contributed by atoms with Crippen LogP contribution in [0.25, 0.3) is 0 Å². The van der Waals surface area contributed by atoms with Crippen LogP contribution < -0.4 is 4.90 Å². The number of amides is 1. The summed E-state index contributed by atoms with van der Waals surface area (Å²) in [6.07, 6.45) is 1.01. The Kier molecular flexibility index (Phi) is 4.18. The summed E-state index contributed by atoms with van der Waals surface area (Å²) in [4.78, 5) is 13.9. The van der Waals surface area contributed by atoms with Crippen LogP contribution in [0.5, 0.6) is 0 Å². The standard InChI is InChI=1S/C15H18N2O2/c1-3-12-6-4-5-11(2)15(12)17-9-13(7-8-16)19-10-14(17)18/h4-6,13H,3,7,9-10H2,1-2H3. The molecule has 2 rings (SSSR count). The molecule has 4 nitrogen and oxygen atoms in total. The van der Waals surface area contributed by atoms with Gasteiger partial charge in [0.15, 0.2) is 0 Å². The minimum Gasteiger partial charge on any atom is -0.365 e. The molecule has 1 heterocycles. The molecule has 0 bridgehead atoms. The van der Waals surface area contributed by atoms with Gasteiger partial charge in [-0.1, -0.05) is 25.1 Å². The van der Waals surface area contributed by atoms with Gasteiger partial charge in [0.2, 0.25) is 0 Å². The van der Waals surface area contributed by atoms with Crippen molar-refractivity contribution in [2.45, 2.75) is 32.8 Å². The summed E-state index contributed by atoms with van der Waals surface area (Å²) in [5.74, 6) is -0.0295. The van der Waals surface area contributed by atoms with E-state index in [-0.39, 0.29) is 18.6 Å². The number of benzene rings is 1. The Morgan fingerprint density at radius 1 is 1.53 bits per heavy atom. The topological polar surface area (TPSA) is 53.3 Å². The molecule has 0 saturated carbocycles. The van der Waals surface area contributed by atoms with E-state index in [0.717, 1.165) is 23.2 Å². The van der Waals surface area contributed by atoms with Gasteiger partial charge in [-0.05, 0) is 24.5 Å². The van der Waals surface area contributed by atoms with Gasteiger partial charge in [-0.2, -0.15) is 5.26 Å². The van der Waals surface area contributed by atoms with Gasteiger partial charge in [0, 0.05) is 5.69 Å². The van der Waals surface area contributed by atoms with Gasteiger partial charge in [-0.15, -0.1) is 0 Å². The molecule has 1 aliphatic heterocycles. The van der Waals surface area contributed by atoms with Crippen LogP contribution >= 0.6 is 0 Å². The van der Waals surface area contributed by atoms with Crippen molar-refractivity contribution in [1.29, 1.82) is 5.26 Å². The van der Waals surface area contributed by atoms with E-state index in [2.05, 4.69) is 13.0 Å². The fourth-order valence-electron chi connectivity index (χ4n) is 2.46. The third kappa shape index (κ3) is 2.77. The van der Waals surface area contributed by atoms with Crippen molar-refractivity contribution in [3.8, 4) is 6.07 Å². The highest BCUT2D eigenvalue weighted by Gasteiger charge is 2.29. The number of hydrogen-bond acceptors (Lipinski definition) is 3. The summed E-state index contributed by atoms with van der Waals surface area (Å²) < 4.78 is 5.38. The summed E-state index contributed by atoms with van der Waals surface area (Å²) >= 11 is 0. The van der Waals surface area contributed by atoms with Gasteiger partial charge in [-0.3, -0.25) is 4.79 Å². The Bertz CT molecular complexity index is 519. The average Bonchev–Trinajstić information content (AvgIpc) is 2.41. The lowest BCUT2D eigenvalue weighted by Gasteiger charge is -2.34. The maximum atomic E-state index is 12.1. The van der Waals surface area contributed by atoms with Gasteiger partial charge < -0.3 is 9.64 Å². The van der Waals surface area contributed by atoms with Crippen molar-refractivity contribution >= 4 is 11.6 Å². The number of nitrogens with zero attached hydrogens (tertiary/aromatic N) is 2. The third-order valence-electron chi connectivity index (χ3n) is 3.42. The number of anilines is 1. The first-order chi connectivity index (χ1) is 9.17. The summed E-state index contributed by atoms with van der Waals surface area (Å²) in [6.45, 7) is 4.61. The SMILES string of the molecule is CCc1cccc(C)c1N1CC(CC#N)OCC1=O. The van der Waals surface area contributed by atoms with E-state index in [4.69, 9.17) is 10.00 Å². The maximum absolute atomic E-state index is 12.1. The molecule has 4 heteroatoms. The first kappa shape index (κ1) is 13.6. The molecule has 0 aromatic heterocycles. The van der Waals surface area contributed by atoms with Gasteiger partial charge in [0.25, 0.3) is 5.91 Å². The van der Waals surface area contributed by atoms with Crippen LogP contribution in [0.4, 0.5) is 5.69 Å². The van der Waals surface area contributed by atoms with Crippen LogP contribution in [0.15, 0.2) is 18.2 Å². The molecule has 0 spiro atoms. The quantitative estimate of drug-likeness (QED) is 0.835. The van der Waals surface area contributed by atoms with E-state index in [1.165, 1.54) is 0 Å². The van der Waals surface area contributed by atoms with Crippen LogP contribution in [-0.2, 0) is 16.0 Å². The molecule has 100 valence electrons. The Morgan fingerprint density at radius 3 is 3.00 bits per heavy atom. The predicted molar refractivity (Wildman–Crippen MR) is 72.9 cm³/mol. The number of carbonyl (C=O) groups excluding carboxylic acids is 1. The van der Waals surface area contributed by atoms with E-state index in [9.17, 15) is 4.79 Å². The molecular formula is C15H18N2O2. The molecule has 1 atom stereocenters. The van der Waals surface area contributed by atoms with Crippen LogP contribution in [0.2, 0.25) is 0 Å². The maximum Gasteiger partial charge on any atom is 0.253 e.